The Balaban J connectivity index is 1.07. The van der Waals surface area contributed by atoms with Crippen LogP contribution >= 0.6 is 0 Å². The number of nitrogens with one attached hydrogen (secondary N) is 3. The third-order valence-corrected chi connectivity index (χ3v) is 7.67. The van der Waals surface area contributed by atoms with Crippen molar-refractivity contribution in [3.63, 3.8) is 0 Å². The Morgan fingerprint density at radius 3 is 0.889 bits per heavy atom. The van der Waals surface area contributed by atoms with Gasteiger partial charge in [0.15, 0.2) is 0 Å². The summed E-state index contributed by atoms with van der Waals surface area (Å²) >= 11 is 0. The molecule has 54 heavy (non-hydrogen) atoms. The van der Waals surface area contributed by atoms with Gasteiger partial charge in [-0.25, -0.2) is 0 Å². The summed E-state index contributed by atoms with van der Waals surface area (Å²) < 4.78 is 18.6. The van der Waals surface area contributed by atoms with Crippen molar-refractivity contribution in [1.29, 1.82) is 0 Å². The van der Waals surface area contributed by atoms with Gasteiger partial charge in [-0.3, -0.25) is 29.3 Å². The molecule has 0 saturated heterocycles. The number of benzene rings is 4. The molecule has 7 rings (SSSR count). The fourth-order valence-electron chi connectivity index (χ4n) is 5.05. The lowest BCUT2D eigenvalue weighted by Gasteiger charge is -2.14. The molecule has 3 amide bonds. The summed E-state index contributed by atoms with van der Waals surface area (Å²) in [5.41, 5.74) is 3.06. The molecule has 0 unspecified atom stereocenters. The van der Waals surface area contributed by atoms with Crippen LogP contribution in [0, 0.1) is 0 Å². The van der Waals surface area contributed by atoms with Gasteiger partial charge >= 0.3 is 0 Å². The summed E-state index contributed by atoms with van der Waals surface area (Å²) in [6.07, 6.45) is 9.29. The van der Waals surface area contributed by atoms with E-state index in [2.05, 4.69) is 30.9 Å². The standard InChI is InChI=1S/C42H30N6O6/c49-40(28-4-1-19-43-25-28)46-31-7-13-34(14-8-31)52-37-22-38(53-35-15-9-32(10-16-35)47-41(50)29-5-2-20-44-26-29)24-39(23-37)54-36-17-11-33(12-18-36)48-42(51)30-6-3-21-45-27-30/h1-27H,(H,46,49)(H,47,50)(H,48,51). The SMILES string of the molecule is O=C(Nc1ccc(Oc2cc(Oc3ccc(NC(=O)c4cccnc4)cc3)cc(Oc3ccc(NC(=O)c4cccnc4)cc3)c2)cc1)c1cccnc1. The summed E-state index contributed by atoms with van der Waals surface area (Å²) in [6.45, 7) is 0. The zero-order valence-electron chi connectivity index (χ0n) is 28.4. The lowest BCUT2D eigenvalue weighted by atomic mass is 10.2. The van der Waals surface area contributed by atoms with Crippen LogP contribution in [0.2, 0.25) is 0 Å². The van der Waals surface area contributed by atoms with Gasteiger partial charge in [-0.05, 0) is 109 Å². The van der Waals surface area contributed by atoms with Crippen LogP contribution in [-0.2, 0) is 0 Å². The van der Waals surface area contributed by atoms with Crippen LogP contribution in [0.3, 0.4) is 0 Å². The number of rotatable bonds is 12. The lowest BCUT2D eigenvalue weighted by molar-refractivity contribution is 0.101. The average Bonchev–Trinajstić information content (AvgIpc) is 3.21. The molecule has 3 heterocycles. The van der Waals surface area contributed by atoms with E-state index in [-0.39, 0.29) is 17.7 Å². The number of nitrogens with zero attached hydrogens (tertiary/aromatic N) is 3. The topological polar surface area (TPSA) is 154 Å². The van der Waals surface area contributed by atoms with Gasteiger partial charge in [-0.1, -0.05) is 0 Å². The quantitative estimate of drug-likeness (QED) is 0.113. The molecule has 3 aromatic heterocycles. The zero-order valence-corrected chi connectivity index (χ0v) is 28.4. The molecule has 0 aliphatic heterocycles. The van der Waals surface area contributed by atoms with Crippen molar-refractivity contribution in [2.75, 3.05) is 16.0 Å². The van der Waals surface area contributed by atoms with Gasteiger partial charge in [-0.2, -0.15) is 0 Å². The van der Waals surface area contributed by atoms with Gasteiger partial charge in [0.05, 0.1) is 16.7 Å². The first kappa shape index (κ1) is 34.6. The fraction of sp³-hybridized carbons (Fsp3) is 0. The monoisotopic (exact) mass is 714 g/mol. The Morgan fingerprint density at radius 1 is 0.370 bits per heavy atom. The molecule has 3 N–H and O–H groups in total. The largest absolute Gasteiger partial charge is 0.457 e. The number of ether oxygens (including phenoxy) is 3. The summed E-state index contributed by atoms with van der Waals surface area (Å²) in [4.78, 5) is 49.7. The molecule has 0 bridgehead atoms. The molecule has 4 aromatic carbocycles. The van der Waals surface area contributed by atoms with Crippen molar-refractivity contribution in [2.24, 2.45) is 0 Å². The van der Waals surface area contributed by atoms with Crippen LogP contribution in [-0.4, -0.2) is 32.7 Å². The predicted octanol–water partition coefficient (Wildman–Crippen LogP) is 9.01. The molecule has 264 valence electrons. The Hall–Kier alpha value is -7.86. The van der Waals surface area contributed by atoms with Crippen molar-refractivity contribution in [3.8, 4) is 34.5 Å². The second-order valence-electron chi connectivity index (χ2n) is 11.6. The van der Waals surface area contributed by atoms with E-state index in [0.717, 1.165) is 0 Å². The number of pyridine rings is 3. The highest BCUT2D eigenvalue weighted by atomic mass is 16.5. The number of amides is 3. The van der Waals surface area contributed by atoms with Crippen molar-refractivity contribution in [3.05, 3.63) is 181 Å². The normalized spacial score (nSPS) is 10.4. The van der Waals surface area contributed by atoms with E-state index < -0.39 is 0 Å². The molecule has 12 nitrogen and oxygen atoms in total. The molecular weight excluding hydrogens is 684 g/mol. The Kier molecular flexibility index (Phi) is 10.5. The van der Waals surface area contributed by atoms with Crippen molar-refractivity contribution in [1.82, 2.24) is 15.0 Å². The van der Waals surface area contributed by atoms with Crippen molar-refractivity contribution < 1.29 is 28.6 Å². The van der Waals surface area contributed by atoms with E-state index in [0.29, 0.717) is 68.2 Å². The zero-order chi connectivity index (χ0) is 37.1. The Morgan fingerprint density at radius 2 is 0.648 bits per heavy atom. The number of carbonyl (C=O) groups excluding carboxylic acids is 3. The molecule has 0 saturated carbocycles. The van der Waals surface area contributed by atoms with E-state index in [1.807, 2.05) is 0 Å². The highest BCUT2D eigenvalue weighted by molar-refractivity contribution is 6.05. The average molecular weight is 715 g/mol. The number of hydrogen-bond acceptors (Lipinski definition) is 9. The molecule has 12 heteroatoms. The highest BCUT2D eigenvalue weighted by Crippen LogP contribution is 2.36. The van der Waals surface area contributed by atoms with Crippen LogP contribution < -0.4 is 30.2 Å². The number of aromatic nitrogens is 3. The molecule has 0 spiro atoms. The predicted molar refractivity (Wildman–Crippen MR) is 203 cm³/mol. The minimum absolute atomic E-state index is 0.281. The lowest BCUT2D eigenvalue weighted by Crippen LogP contribution is -2.11. The molecule has 0 atom stereocenters. The Bertz CT molecular complexity index is 2080. The maximum atomic E-state index is 12.6. The number of anilines is 3. The van der Waals surface area contributed by atoms with Gasteiger partial charge < -0.3 is 30.2 Å². The van der Waals surface area contributed by atoms with E-state index >= 15 is 0 Å². The molecule has 0 aliphatic rings. The van der Waals surface area contributed by atoms with Gasteiger partial charge in [0.2, 0.25) is 0 Å². The first-order valence-electron chi connectivity index (χ1n) is 16.6. The van der Waals surface area contributed by atoms with Gasteiger partial charge in [0, 0.05) is 72.4 Å². The van der Waals surface area contributed by atoms with Gasteiger partial charge in [0.25, 0.3) is 17.7 Å². The summed E-state index contributed by atoms with van der Waals surface area (Å²) in [5.74, 6) is 1.89. The van der Waals surface area contributed by atoms with Crippen LogP contribution in [0.4, 0.5) is 17.1 Å². The van der Waals surface area contributed by atoms with E-state index in [9.17, 15) is 14.4 Å². The van der Waals surface area contributed by atoms with E-state index in [4.69, 9.17) is 14.2 Å². The smallest absolute Gasteiger partial charge is 0.257 e. The fourth-order valence-corrected chi connectivity index (χ4v) is 5.05. The molecule has 0 fully saturated rings. The van der Waals surface area contributed by atoms with Gasteiger partial charge in [-0.15, -0.1) is 0 Å². The van der Waals surface area contributed by atoms with Crippen LogP contribution in [0.1, 0.15) is 31.1 Å². The molecule has 7 aromatic rings. The first-order valence-corrected chi connectivity index (χ1v) is 16.6. The molecule has 0 aliphatic carbocycles. The Labute approximate surface area is 309 Å². The van der Waals surface area contributed by atoms with Crippen LogP contribution in [0.15, 0.2) is 165 Å². The summed E-state index contributed by atoms with van der Waals surface area (Å²) in [5, 5.41) is 8.52. The maximum Gasteiger partial charge on any atom is 0.257 e. The van der Waals surface area contributed by atoms with Crippen LogP contribution in [0.5, 0.6) is 34.5 Å². The van der Waals surface area contributed by atoms with E-state index in [1.165, 1.54) is 18.6 Å². The van der Waals surface area contributed by atoms with Crippen molar-refractivity contribution in [2.45, 2.75) is 0 Å². The first-order chi connectivity index (χ1) is 26.4. The number of hydrogen-bond donors (Lipinski definition) is 3. The van der Waals surface area contributed by atoms with Crippen LogP contribution in [0.25, 0.3) is 0 Å². The molecular formula is C42H30N6O6. The van der Waals surface area contributed by atoms with E-state index in [1.54, 1.807) is 146 Å². The summed E-state index contributed by atoms with van der Waals surface area (Å²) in [7, 11) is 0. The summed E-state index contributed by atoms with van der Waals surface area (Å²) in [6, 6.07) is 36.0. The second-order valence-corrected chi connectivity index (χ2v) is 11.6. The minimum Gasteiger partial charge on any atom is -0.457 e. The second kappa shape index (κ2) is 16.4. The minimum atomic E-state index is -0.281. The van der Waals surface area contributed by atoms with Gasteiger partial charge in [0.1, 0.15) is 34.5 Å². The highest BCUT2D eigenvalue weighted by Gasteiger charge is 2.12. The van der Waals surface area contributed by atoms with Crippen molar-refractivity contribution >= 4 is 34.8 Å². The molecule has 0 radical (unpaired) electrons. The maximum absolute atomic E-state index is 12.6. The number of carbonyl (C=O) groups is 3. The third kappa shape index (κ3) is 9.27. The third-order valence-electron chi connectivity index (χ3n) is 7.67.